The minimum atomic E-state index is -0.560. The number of rotatable bonds is 8. The van der Waals surface area contributed by atoms with Gasteiger partial charge in [0.1, 0.15) is 0 Å². The molecule has 0 saturated heterocycles. The van der Waals surface area contributed by atoms with E-state index in [0.29, 0.717) is 21.8 Å². The highest BCUT2D eigenvalue weighted by molar-refractivity contribution is 7.99. The van der Waals surface area contributed by atoms with E-state index in [9.17, 15) is 19.7 Å². The number of carbonyl (C=O) groups is 2. The molecule has 0 aliphatic carbocycles. The number of nitrogens with zero attached hydrogens (tertiary/aromatic N) is 2. The molecule has 32 heavy (non-hydrogen) atoms. The van der Waals surface area contributed by atoms with Gasteiger partial charge in [0.2, 0.25) is 0 Å². The molecule has 0 spiro atoms. The van der Waals surface area contributed by atoms with Crippen molar-refractivity contribution in [1.82, 2.24) is 9.97 Å². The van der Waals surface area contributed by atoms with Gasteiger partial charge in [0.15, 0.2) is 17.5 Å². The first-order valence-electron chi connectivity index (χ1n) is 9.61. The molecule has 8 nitrogen and oxygen atoms in total. The Morgan fingerprint density at radius 2 is 1.72 bits per heavy atom. The van der Waals surface area contributed by atoms with Crippen LogP contribution in [0.25, 0.3) is 22.2 Å². The summed E-state index contributed by atoms with van der Waals surface area (Å²) < 4.78 is 5.08. The maximum Gasteiger partial charge on any atom is 0.316 e. The molecule has 0 amide bonds. The van der Waals surface area contributed by atoms with Gasteiger partial charge in [-0.25, -0.2) is 4.98 Å². The summed E-state index contributed by atoms with van der Waals surface area (Å²) in [5, 5.41) is 11.3. The van der Waals surface area contributed by atoms with Crippen molar-refractivity contribution in [2.75, 3.05) is 12.4 Å². The Labute approximate surface area is 186 Å². The number of nitrogens with one attached hydrogen (secondary N) is 1. The van der Waals surface area contributed by atoms with Crippen molar-refractivity contribution < 1.29 is 19.2 Å². The van der Waals surface area contributed by atoms with Gasteiger partial charge in [-0.05, 0) is 17.2 Å². The number of esters is 1. The molecule has 1 heterocycles. The number of imidazole rings is 1. The number of non-ortho nitro benzene ring substituents is 1. The van der Waals surface area contributed by atoms with Crippen LogP contribution >= 0.6 is 11.8 Å². The lowest BCUT2D eigenvalue weighted by Crippen LogP contribution is -2.15. The second kappa shape index (κ2) is 9.44. The maximum atomic E-state index is 12.3. The van der Waals surface area contributed by atoms with Crippen LogP contribution in [0.1, 0.15) is 10.4 Å². The van der Waals surface area contributed by atoms with Crippen molar-refractivity contribution in [3.63, 3.8) is 0 Å². The third-order valence-electron chi connectivity index (χ3n) is 4.66. The number of aromatic nitrogens is 2. The van der Waals surface area contributed by atoms with Gasteiger partial charge in [-0.2, -0.15) is 0 Å². The van der Waals surface area contributed by atoms with E-state index in [0.717, 1.165) is 22.9 Å². The minimum absolute atomic E-state index is 0.0487. The number of hydrogen-bond donors (Lipinski definition) is 1. The molecule has 1 aromatic heterocycles. The van der Waals surface area contributed by atoms with Gasteiger partial charge < -0.3 is 9.72 Å². The van der Waals surface area contributed by atoms with Crippen LogP contribution in [0.2, 0.25) is 0 Å². The standard InChI is InChI=1S/C23H17N3O5S/c27-21(17-8-6-16(7-9-17)15-4-2-1-3-5-15)13-31-22(28)14-32-23-24-19-11-10-18(26(29)30)12-20(19)25-23/h1-12H,13-14H2,(H,24,25). The molecule has 0 radical (unpaired) electrons. The summed E-state index contributed by atoms with van der Waals surface area (Å²) in [6.45, 7) is -0.351. The number of hydrogen-bond acceptors (Lipinski definition) is 7. The highest BCUT2D eigenvalue weighted by Gasteiger charge is 2.13. The van der Waals surface area contributed by atoms with Gasteiger partial charge in [0, 0.05) is 17.7 Å². The average molecular weight is 447 g/mol. The van der Waals surface area contributed by atoms with Crippen molar-refractivity contribution >= 4 is 40.2 Å². The fourth-order valence-corrected chi connectivity index (χ4v) is 3.72. The number of nitro groups is 1. The van der Waals surface area contributed by atoms with E-state index in [-0.39, 0.29) is 23.8 Å². The molecule has 0 unspecified atom stereocenters. The third kappa shape index (κ3) is 5.01. The molecule has 0 bridgehead atoms. The number of aromatic amines is 1. The number of nitro benzene ring substituents is 1. The monoisotopic (exact) mass is 447 g/mol. The predicted octanol–water partition coefficient (Wildman–Crippen LogP) is 4.66. The van der Waals surface area contributed by atoms with Crippen LogP contribution in [0.3, 0.4) is 0 Å². The largest absolute Gasteiger partial charge is 0.457 e. The number of fused-ring (bicyclic) bond motifs is 1. The number of Topliss-reactive ketones (excluding diaryl/α,β-unsaturated/α-hetero) is 1. The third-order valence-corrected chi connectivity index (χ3v) is 5.51. The van der Waals surface area contributed by atoms with E-state index in [2.05, 4.69) is 9.97 Å². The van der Waals surface area contributed by atoms with Crippen LogP contribution < -0.4 is 0 Å². The van der Waals surface area contributed by atoms with E-state index in [1.165, 1.54) is 18.2 Å². The van der Waals surface area contributed by atoms with Gasteiger partial charge in [0.25, 0.3) is 5.69 Å². The molecule has 3 aromatic carbocycles. The number of carbonyl (C=O) groups excluding carboxylic acids is 2. The second-order valence-corrected chi connectivity index (χ2v) is 7.78. The molecule has 9 heteroatoms. The Morgan fingerprint density at radius 1 is 1.00 bits per heavy atom. The first-order chi connectivity index (χ1) is 15.5. The average Bonchev–Trinajstić information content (AvgIpc) is 3.24. The van der Waals surface area contributed by atoms with Crippen LogP contribution in [0.5, 0.6) is 0 Å². The van der Waals surface area contributed by atoms with Gasteiger partial charge in [0.05, 0.1) is 21.7 Å². The van der Waals surface area contributed by atoms with E-state index in [1.54, 1.807) is 12.1 Å². The Hall–Kier alpha value is -3.98. The molecule has 0 fully saturated rings. The number of thioether (sulfide) groups is 1. The maximum absolute atomic E-state index is 12.3. The van der Waals surface area contributed by atoms with E-state index >= 15 is 0 Å². The molecule has 4 rings (SSSR count). The van der Waals surface area contributed by atoms with Crippen LogP contribution in [-0.2, 0) is 9.53 Å². The zero-order valence-electron chi connectivity index (χ0n) is 16.7. The molecule has 4 aromatic rings. The van der Waals surface area contributed by atoms with Gasteiger partial charge in [-0.15, -0.1) is 0 Å². The van der Waals surface area contributed by atoms with Crippen LogP contribution in [-0.4, -0.2) is 39.0 Å². The van der Waals surface area contributed by atoms with Crippen molar-refractivity contribution in [1.29, 1.82) is 0 Å². The lowest BCUT2D eigenvalue weighted by Gasteiger charge is -2.05. The molecule has 0 aliphatic rings. The van der Waals surface area contributed by atoms with Crippen molar-refractivity contribution in [3.8, 4) is 11.1 Å². The molecule has 0 atom stereocenters. The van der Waals surface area contributed by atoms with Crippen LogP contribution in [0, 0.1) is 10.1 Å². The second-order valence-electron chi connectivity index (χ2n) is 6.82. The topological polar surface area (TPSA) is 115 Å². The van der Waals surface area contributed by atoms with Crippen molar-refractivity contribution in [2.45, 2.75) is 5.16 Å². The normalized spacial score (nSPS) is 10.8. The molecular formula is C23H17N3O5S. The van der Waals surface area contributed by atoms with Crippen LogP contribution in [0.15, 0.2) is 78.0 Å². The van der Waals surface area contributed by atoms with Crippen LogP contribution in [0.4, 0.5) is 5.69 Å². The number of H-pyrrole nitrogens is 1. The lowest BCUT2D eigenvalue weighted by atomic mass is 10.0. The molecule has 160 valence electrons. The van der Waals surface area contributed by atoms with E-state index < -0.39 is 10.9 Å². The van der Waals surface area contributed by atoms with Crippen molar-refractivity contribution in [2.24, 2.45) is 0 Å². The zero-order valence-corrected chi connectivity index (χ0v) is 17.5. The summed E-state index contributed by atoms with van der Waals surface area (Å²) in [5.74, 6) is -0.906. The Morgan fingerprint density at radius 3 is 2.44 bits per heavy atom. The predicted molar refractivity (Wildman–Crippen MR) is 121 cm³/mol. The molecule has 0 aliphatic heterocycles. The number of benzene rings is 3. The Bertz CT molecular complexity index is 1290. The minimum Gasteiger partial charge on any atom is -0.457 e. The summed E-state index contributed by atoms with van der Waals surface area (Å²) in [7, 11) is 0. The molecular weight excluding hydrogens is 430 g/mol. The van der Waals surface area contributed by atoms with Gasteiger partial charge in [-0.3, -0.25) is 19.7 Å². The first-order valence-corrected chi connectivity index (χ1v) is 10.6. The molecule has 1 N–H and O–H groups in total. The zero-order chi connectivity index (χ0) is 22.5. The smallest absolute Gasteiger partial charge is 0.316 e. The molecule has 0 saturated carbocycles. The highest BCUT2D eigenvalue weighted by atomic mass is 32.2. The van der Waals surface area contributed by atoms with E-state index in [4.69, 9.17) is 4.74 Å². The number of ketones is 1. The quantitative estimate of drug-likeness (QED) is 0.137. The highest BCUT2D eigenvalue weighted by Crippen LogP contribution is 2.23. The summed E-state index contributed by atoms with van der Waals surface area (Å²) in [6.07, 6.45) is 0. The van der Waals surface area contributed by atoms with Gasteiger partial charge in [-0.1, -0.05) is 66.4 Å². The summed E-state index contributed by atoms with van der Waals surface area (Å²) >= 11 is 1.09. The van der Waals surface area contributed by atoms with Crippen molar-refractivity contribution in [3.05, 3.63) is 88.5 Å². The summed E-state index contributed by atoms with van der Waals surface area (Å²) in [4.78, 5) is 41.9. The van der Waals surface area contributed by atoms with Gasteiger partial charge >= 0.3 is 5.97 Å². The SMILES string of the molecule is O=C(CSc1nc2ccc([N+](=O)[O-])cc2[nH]1)OCC(=O)c1ccc(-c2ccccc2)cc1. The van der Waals surface area contributed by atoms with E-state index in [1.807, 2.05) is 42.5 Å². The fraction of sp³-hybridized carbons (Fsp3) is 0.0870. The summed E-state index contributed by atoms with van der Waals surface area (Å²) in [6, 6.07) is 21.2. The summed E-state index contributed by atoms with van der Waals surface area (Å²) in [5.41, 5.74) is 3.52. The first kappa shape index (κ1) is 21.3. The Kier molecular flexibility index (Phi) is 6.27. The number of ether oxygens (including phenoxy) is 1. The lowest BCUT2D eigenvalue weighted by molar-refractivity contribution is -0.384. The fourth-order valence-electron chi connectivity index (χ4n) is 3.03. The Balaban J connectivity index is 1.28.